The van der Waals surface area contributed by atoms with Crippen LogP contribution in [0.1, 0.15) is 25.5 Å². The number of nitrogens with two attached hydrogens (primary N) is 1. The molecule has 0 aliphatic carbocycles. The third-order valence-corrected chi connectivity index (χ3v) is 4.16. The molecule has 1 heterocycles. The zero-order chi connectivity index (χ0) is 23.6. The van der Waals surface area contributed by atoms with Gasteiger partial charge in [0, 0.05) is 24.7 Å². The molecule has 1 rings (SSSR count). The van der Waals surface area contributed by atoms with Crippen LogP contribution in [0.4, 0.5) is 0 Å². The standard InChI is InChI=1S/C17H26N6O8/c1-8(21-15(28)10(18)6-24)14(27)23-12(4-9-5-19-7-20-9)16(29)22-11(17(30)31)2-3-13(25)26/h5,7-8,10-12,24H,2-4,6,18H2,1H3,(H,19,20)(H,21,28)(H,22,29)(H,23,27)(H,25,26)(H,30,31). The SMILES string of the molecule is CC(NC(=O)C(N)CO)C(=O)NC(Cc1cnc[nH]1)C(=O)NC(CCC(=O)O)C(=O)O. The van der Waals surface area contributed by atoms with Crippen molar-refractivity contribution in [2.75, 3.05) is 6.61 Å². The van der Waals surface area contributed by atoms with Gasteiger partial charge in [-0.25, -0.2) is 9.78 Å². The number of nitrogens with one attached hydrogen (secondary N) is 4. The summed E-state index contributed by atoms with van der Waals surface area (Å²) in [6.07, 6.45) is 1.82. The number of carbonyl (C=O) groups excluding carboxylic acids is 3. The van der Waals surface area contributed by atoms with E-state index in [0.717, 1.165) is 0 Å². The maximum absolute atomic E-state index is 12.7. The lowest BCUT2D eigenvalue weighted by Crippen LogP contribution is -2.57. The number of carboxylic acids is 2. The van der Waals surface area contributed by atoms with E-state index in [1.807, 2.05) is 0 Å². The molecule has 0 fully saturated rings. The second-order valence-corrected chi connectivity index (χ2v) is 6.69. The molecule has 3 amide bonds. The number of nitrogens with zero attached hydrogens (tertiary/aromatic N) is 1. The highest BCUT2D eigenvalue weighted by atomic mass is 16.4. The number of H-pyrrole nitrogens is 1. The van der Waals surface area contributed by atoms with E-state index in [9.17, 15) is 29.1 Å². The molecule has 172 valence electrons. The second-order valence-electron chi connectivity index (χ2n) is 6.69. The lowest BCUT2D eigenvalue weighted by molar-refractivity contribution is -0.143. The van der Waals surface area contributed by atoms with E-state index < -0.39 is 66.9 Å². The molecule has 4 atom stereocenters. The third kappa shape index (κ3) is 8.79. The Kier molecular flexibility index (Phi) is 10.1. The summed E-state index contributed by atoms with van der Waals surface area (Å²) in [5.74, 6) is -5.07. The summed E-state index contributed by atoms with van der Waals surface area (Å²) in [4.78, 5) is 65.4. The number of rotatable bonds is 13. The molecule has 0 spiro atoms. The van der Waals surface area contributed by atoms with Crippen molar-refractivity contribution in [2.45, 2.75) is 50.4 Å². The highest BCUT2D eigenvalue weighted by Gasteiger charge is 2.29. The van der Waals surface area contributed by atoms with Crippen LogP contribution in [0.15, 0.2) is 12.5 Å². The number of aromatic nitrogens is 2. The van der Waals surface area contributed by atoms with Gasteiger partial charge in [0.15, 0.2) is 0 Å². The van der Waals surface area contributed by atoms with Gasteiger partial charge in [-0.2, -0.15) is 0 Å². The van der Waals surface area contributed by atoms with E-state index in [1.54, 1.807) is 0 Å². The van der Waals surface area contributed by atoms with Gasteiger partial charge in [-0.3, -0.25) is 19.2 Å². The molecule has 1 aromatic rings. The molecular formula is C17H26N6O8. The van der Waals surface area contributed by atoms with Gasteiger partial charge in [-0.15, -0.1) is 0 Å². The van der Waals surface area contributed by atoms with Crippen LogP contribution in [0.2, 0.25) is 0 Å². The van der Waals surface area contributed by atoms with Crippen LogP contribution in [0, 0.1) is 0 Å². The number of hydrogen-bond donors (Lipinski definition) is 8. The molecule has 1 aromatic heterocycles. The van der Waals surface area contributed by atoms with E-state index in [4.69, 9.17) is 15.9 Å². The average Bonchev–Trinajstić information content (AvgIpc) is 3.22. The van der Waals surface area contributed by atoms with Crippen molar-refractivity contribution in [2.24, 2.45) is 5.73 Å². The Balaban J connectivity index is 2.89. The van der Waals surface area contributed by atoms with Crippen molar-refractivity contribution in [3.8, 4) is 0 Å². The maximum Gasteiger partial charge on any atom is 0.326 e. The summed E-state index contributed by atoms with van der Waals surface area (Å²) in [6, 6.07) is -5.09. The highest BCUT2D eigenvalue weighted by Crippen LogP contribution is 2.04. The van der Waals surface area contributed by atoms with Gasteiger partial charge >= 0.3 is 11.9 Å². The van der Waals surface area contributed by atoms with Crippen LogP contribution in [0.25, 0.3) is 0 Å². The van der Waals surface area contributed by atoms with Crippen molar-refractivity contribution in [3.05, 3.63) is 18.2 Å². The molecule has 14 heteroatoms. The zero-order valence-corrected chi connectivity index (χ0v) is 16.7. The smallest absolute Gasteiger partial charge is 0.326 e. The number of imidazole rings is 1. The molecule has 0 aliphatic heterocycles. The van der Waals surface area contributed by atoms with Gasteiger partial charge in [-0.05, 0) is 13.3 Å². The van der Waals surface area contributed by atoms with Crippen molar-refractivity contribution >= 4 is 29.7 Å². The van der Waals surface area contributed by atoms with Crippen LogP contribution >= 0.6 is 0 Å². The predicted molar refractivity (Wildman–Crippen MR) is 103 cm³/mol. The minimum absolute atomic E-state index is 0.0837. The first-order valence-corrected chi connectivity index (χ1v) is 9.24. The van der Waals surface area contributed by atoms with Crippen LogP contribution in [-0.2, 0) is 30.4 Å². The first-order chi connectivity index (χ1) is 14.5. The lowest BCUT2D eigenvalue weighted by atomic mass is 10.1. The number of amides is 3. The van der Waals surface area contributed by atoms with Gasteiger partial charge in [0.2, 0.25) is 17.7 Å². The van der Waals surface area contributed by atoms with Crippen molar-refractivity contribution in [1.29, 1.82) is 0 Å². The summed E-state index contributed by atoms with van der Waals surface area (Å²) in [5.41, 5.74) is 5.83. The van der Waals surface area contributed by atoms with E-state index >= 15 is 0 Å². The minimum Gasteiger partial charge on any atom is -0.481 e. The van der Waals surface area contributed by atoms with Gasteiger partial charge in [0.1, 0.15) is 24.2 Å². The Morgan fingerprint density at radius 1 is 1.06 bits per heavy atom. The molecule has 31 heavy (non-hydrogen) atoms. The molecular weight excluding hydrogens is 416 g/mol. The average molecular weight is 442 g/mol. The number of aliphatic hydroxyl groups is 1. The number of aliphatic carboxylic acids is 2. The Bertz CT molecular complexity index is 784. The number of carbonyl (C=O) groups is 5. The number of aliphatic hydroxyl groups excluding tert-OH is 1. The molecule has 0 saturated heterocycles. The predicted octanol–water partition coefficient (Wildman–Crippen LogP) is -3.30. The van der Waals surface area contributed by atoms with E-state index in [-0.39, 0.29) is 12.8 Å². The fourth-order valence-corrected chi connectivity index (χ4v) is 2.39. The lowest BCUT2D eigenvalue weighted by Gasteiger charge is -2.23. The molecule has 0 saturated carbocycles. The van der Waals surface area contributed by atoms with E-state index in [1.165, 1.54) is 19.4 Å². The van der Waals surface area contributed by atoms with Gasteiger partial charge in [0.25, 0.3) is 0 Å². The normalized spacial score (nSPS) is 14.5. The number of hydrogen-bond acceptors (Lipinski definition) is 8. The van der Waals surface area contributed by atoms with Crippen LogP contribution in [0.3, 0.4) is 0 Å². The summed E-state index contributed by atoms with van der Waals surface area (Å²) in [7, 11) is 0. The highest BCUT2D eigenvalue weighted by molar-refractivity contribution is 5.94. The Hall–Kier alpha value is -3.52. The van der Waals surface area contributed by atoms with Gasteiger partial charge in [-0.1, -0.05) is 0 Å². The molecule has 0 aliphatic rings. The van der Waals surface area contributed by atoms with Gasteiger partial charge in [0.05, 0.1) is 12.9 Å². The number of aromatic amines is 1. The molecule has 0 aromatic carbocycles. The molecule has 0 radical (unpaired) electrons. The van der Waals surface area contributed by atoms with E-state index in [0.29, 0.717) is 5.69 Å². The fourth-order valence-electron chi connectivity index (χ4n) is 2.39. The first-order valence-electron chi connectivity index (χ1n) is 9.24. The molecule has 14 nitrogen and oxygen atoms in total. The summed E-state index contributed by atoms with van der Waals surface area (Å²) < 4.78 is 0. The Labute approximate surface area is 176 Å². The van der Waals surface area contributed by atoms with Crippen molar-refractivity contribution < 1.29 is 39.3 Å². The van der Waals surface area contributed by atoms with Crippen LogP contribution in [-0.4, -0.2) is 85.7 Å². The maximum atomic E-state index is 12.7. The number of carboxylic acid groups (broad SMARTS) is 2. The minimum atomic E-state index is -1.48. The van der Waals surface area contributed by atoms with Crippen LogP contribution < -0.4 is 21.7 Å². The molecule has 4 unspecified atom stereocenters. The zero-order valence-electron chi connectivity index (χ0n) is 16.7. The van der Waals surface area contributed by atoms with E-state index in [2.05, 4.69) is 25.9 Å². The Morgan fingerprint density at radius 2 is 1.71 bits per heavy atom. The monoisotopic (exact) mass is 442 g/mol. The summed E-state index contributed by atoms with van der Waals surface area (Å²) >= 11 is 0. The van der Waals surface area contributed by atoms with Crippen LogP contribution in [0.5, 0.6) is 0 Å². The third-order valence-electron chi connectivity index (χ3n) is 4.16. The summed E-state index contributed by atoms with van der Waals surface area (Å²) in [5, 5.41) is 33.7. The topological polar surface area (TPSA) is 237 Å². The quantitative estimate of drug-likeness (QED) is 0.151. The summed E-state index contributed by atoms with van der Waals surface area (Å²) in [6.45, 7) is 0.702. The second kappa shape index (κ2) is 12.2. The molecule has 0 bridgehead atoms. The van der Waals surface area contributed by atoms with Crippen molar-refractivity contribution in [3.63, 3.8) is 0 Å². The Morgan fingerprint density at radius 3 is 2.23 bits per heavy atom. The van der Waals surface area contributed by atoms with Crippen molar-refractivity contribution in [1.82, 2.24) is 25.9 Å². The van der Waals surface area contributed by atoms with Gasteiger partial charge < -0.3 is 42.0 Å². The fraction of sp³-hybridized carbons (Fsp3) is 0.529. The molecule has 9 N–H and O–H groups in total. The first kappa shape index (κ1) is 25.5. The largest absolute Gasteiger partial charge is 0.481 e.